The molecule has 0 atom stereocenters. The summed E-state index contributed by atoms with van der Waals surface area (Å²) in [7, 11) is -0.164. The molecule has 1 saturated heterocycles. The molecule has 2 aromatic rings. The molecule has 1 fully saturated rings. The molecule has 0 aliphatic carbocycles. The molecule has 8 heteroatoms. The van der Waals surface area contributed by atoms with Gasteiger partial charge >= 0.3 is 0 Å². The first-order valence-electron chi connectivity index (χ1n) is 9.61. The van der Waals surface area contributed by atoms with E-state index in [1.54, 1.807) is 37.4 Å². The highest BCUT2D eigenvalue weighted by molar-refractivity contribution is 7.89. The molecule has 1 amide bonds. The number of nitrogens with zero attached hydrogens (tertiary/aromatic N) is 3. The number of pyridine rings is 1. The van der Waals surface area contributed by atoms with E-state index in [-0.39, 0.29) is 16.7 Å². The molecule has 2 heterocycles. The zero-order valence-electron chi connectivity index (χ0n) is 17.0. The van der Waals surface area contributed by atoms with Gasteiger partial charge in [-0.25, -0.2) is 8.42 Å². The smallest absolute Gasteiger partial charge is 0.244 e. The van der Waals surface area contributed by atoms with Crippen LogP contribution in [-0.2, 0) is 21.4 Å². The summed E-state index contributed by atoms with van der Waals surface area (Å²) in [6, 6.07) is 9.05. The molecule has 3 rings (SSSR count). The van der Waals surface area contributed by atoms with E-state index in [0.717, 1.165) is 16.9 Å². The molecule has 7 nitrogen and oxygen atoms in total. The number of piperidine rings is 1. The lowest BCUT2D eigenvalue weighted by Gasteiger charge is -2.32. The fourth-order valence-electron chi connectivity index (χ4n) is 3.67. The van der Waals surface area contributed by atoms with Crippen LogP contribution < -0.4 is 4.74 Å². The first kappa shape index (κ1) is 21.3. The predicted molar refractivity (Wildman–Crippen MR) is 110 cm³/mol. The molecule has 0 N–H and O–H groups in total. The fourth-order valence-corrected chi connectivity index (χ4v) is 5.10. The Hall–Kier alpha value is -2.45. The average molecular weight is 418 g/mol. The van der Waals surface area contributed by atoms with Crippen molar-refractivity contribution in [2.45, 2.75) is 31.2 Å². The Kier molecular flexibility index (Phi) is 6.54. The van der Waals surface area contributed by atoms with E-state index >= 15 is 0 Å². The van der Waals surface area contributed by atoms with Gasteiger partial charge in [0.15, 0.2) is 0 Å². The number of amides is 1. The molecule has 0 unspecified atom stereocenters. The van der Waals surface area contributed by atoms with Crippen LogP contribution in [0.2, 0.25) is 0 Å². The number of hydrogen-bond acceptors (Lipinski definition) is 5. The van der Waals surface area contributed by atoms with E-state index in [1.165, 1.54) is 10.5 Å². The number of hydrogen-bond donors (Lipinski definition) is 0. The Morgan fingerprint density at radius 3 is 2.62 bits per heavy atom. The van der Waals surface area contributed by atoms with Gasteiger partial charge in [0.25, 0.3) is 0 Å². The minimum Gasteiger partial charge on any atom is -0.496 e. The lowest BCUT2D eigenvalue weighted by atomic mass is 9.96. The highest BCUT2D eigenvalue weighted by atomic mass is 32.2. The van der Waals surface area contributed by atoms with Gasteiger partial charge in [0.05, 0.1) is 7.11 Å². The first-order chi connectivity index (χ1) is 13.8. The van der Waals surface area contributed by atoms with E-state index < -0.39 is 10.0 Å². The number of aryl methyl sites for hydroxylation is 1. The molecule has 1 aliphatic heterocycles. The third-order valence-corrected chi connectivity index (χ3v) is 7.18. The molecule has 29 heavy (non-hydrogen) atoms. The summed E-state index contributed by atoms with van der Waals surface area (Å²) < 4.78 is 32.3. The van der Waals surface area contributed by atoms with Gasteiger partial charge in [0.2, 0.25) is 15.9 Å². The summed E-state index contributed by atoms with van der Waals surface area (Å²) in [5.74, 6) is 0.607. The highest BCUT2D eigenvalue weighted by Crippen LogP contribution is 2.26. The minimum atomic E-state index is -3.56. The van der Waals surface area contributed by atoms with Crippen molar-refractivity contribution < 1.29 is 17.9 Å². The fraction of sp³-hybridized carbons (Fsp3) is 0.429. The molecular formula is C21H27N3O4S. The van der Waals surface area contributed by atoms with Gasteiger partial charge in [-0.15, -0.1) is 0 Å². The van der Waals surface area contributed by atoms with Gasteiger partial charge in [-0.3, -0.25) is 9.78 Å². The van der Waals surface area contributed by atoms with E-state index in [0.29, 0.717) is 32.5 Å². The van der Waals surface area contributed by atoms with Gasteiger partial charge in [-0.05, 0) is 38.0 Å². The second kappa shape index (κ2) is 8.92. The van der Waals surface area contributed by atoms with Crippen LogP contribution in [0.4, 0.5) is 0 Å². The van der Waals surface area contributed by atoms with Crippen molar-refractivity contribution in [1.82, 2.24) is 14.2 Å². The molecule has 0 saturated carbocycles. The van der Waals surface area contributed by atoms with E-state index in [2.05, 4.69) is 4.98 Å². The number of carbonyl (C=O) groups excluding carboxylic acids is 1. The number of benzene rings is 1. The molecule has 1 aromatic heterocycles. The van der Waals surface area contributed by atoms with Gasteiger partial charge in [0.1, 0.15) is 10.6 Å². The van der Waals surface area contributed by atoms with Crippen molar-refractivity contribution >= 4 is 15.9 Å². The normalized spacial score (nSPS) is 15.8. The van der Waals surface area contributed by atoms with Crippen LogP contribution in [-0.4, -0.2) is 55.8 Å². The van der Waals surface area contributed by atoms with Crippen molar-refractivity contribution in [1.29, 1.82) is 0 Å². The third-order valence-electron chi connectivity index (χ3n) is 5.29. The Morgan fingerprint density at radius 2 is 2.00 bits per heavy atom. The predicted octanol–water partition coefficient (Wildman–Crippen LogP) is 2.46. The van der Waals surface area contributed by atoms with Gasteiger partial charge in [-0.1, -0.05) is 17.7 Å². The molecule has 156 valence electrons. The topological polar surface area (TPSA) is 79.8 Å². The lowest BCUT2D eigenvalue weighted by molar-refractivity contribution is -0.135. The van der Waals surface area contributed by atoms with Gasteiger partial charge in [-0.2, -0.15) is 4.31 Å². The Balaban J connectivity index is 1.62. The quantitative estimate of drug-likeness (QED) is 0.721. The number of rotatable bonds is 6. The Morgan fingerprint density at radius 1 is 1.28 bits per heavy atom. The number of ether oxygens (including phenoxy) is 1. The number of aromatic nitrogens is 1. The average Bonchev–Trinajstić information content (AvgIpc) is 2.74. The van der Waals surface area contributed by atoms with Crippen molar-refractivity contribution in [3.8, 4) is 5.75 Å². The highest BCUT2D eigenvalue weighted by Gasteiger charge is 2.33. The van der Waals surface area contributed by atoms with Crippen molar-refractivity contribution in [2.75, 3.05) is 27.2 Å². The number of methoxy groups -OCH3 is 1. The van der Waals surface area contributed by atoms with Crippen molar-refractivity contribution in [2.24, 2.45) is 5.92 Å². The van der Waals surface area contributed by atoms with E-state index in [9.17, 15) is 13.2 Å². The van der Waals surface area contributed by atoms with Crippen molar-refractivity contribution in [3.05, 3.63) is 53.9 Å². The first-order valence-corrected chi connectivity index (χ1v) is 11.1. The summed E-state index contributed by atoms with van der Waals surface area (Å²) in [5, 5.41) is 0. The van der Waals surface area contributed by atoms with Crippen molar-refractivity contribution in [3.63, 3.8) is 0 Å². The largest absolute Gasteiger partial charge is 0.496 e. The molecule has 0 spiro atoms. The van der Waals surface area contributed by atoms with Crippen LogP contribution >= 0.6 is 0 Å². The SMILES string of the molecule is COc1ccc(C)cc1CN(C)C(=O)C1CCN(S(=O)(=O)c2cccnc2)CC1. The van der Waals surface area contributed by atoms with Crippen LogP contribution in [0.25, 0.3) is 0 Å². The monoisotopic (exact) mass is 417 g/mol. The standard InChI is InChI=1S/C21H27N3O4S/c1-16-6-7-20(28-3)18(13-16)15-23(2)21(25)17-8-11-24(12-9-17)29(26,27)19-5-4-10-22-14-19/h4-7,10,13-14,17H,8-9,11-12,15H2,1-3H3. The van der Waals surface area contributed by atoms with Crippen LogP contribution in [0.1, 0.15) is 24.0 Å². The molecule has 1 aliphatic rings. The maximum atomic E-state index is 12.9. The van der Waals surface area contributed by atoms with Crippen LogP contribution in [0.3, 0.4) is 0 Å². The second-order valence-electron chi connectivity index (χ2n) is 7.38. The van der Waals surface area contributed by atoms with Crippen LogP contribution in [0.5, 0.6) is 5.75 Å². The van der Waals surface area contributed by atoms with Gasteiger partial charge in [0, 0.05) is 50.6 Å². The minimum absolute atomic E-state index is 0.0342. The van der Waals surface area contributed by atoms with E-state index in [1.807, 2.05) is 25.1 Å². The van der Waals surface area contributed by atoms with Crippen LogP contribution in [0, 0.1) is 12.8 Å². The molecular weight excluding hydrogens is 390 g/mol. The zero-order valence-corrected chi connectivity index (χ0v) is 17.9. The second-order valence-corrected chi connectivity index (χ2v) is 9.31. The maximum Gasteiger partial charge on any atom is 0.244 e. The summed E-state index contributed by atoms with van der Waals surface area (Å²) in [6.07, 6.45) is 3.92. The lowest BCUT2D eigenvalue weighted by Crippen LogP contribution is -2.43. The van der Waals surface area contributed by atoms with E-state index in [4.69, 9.17) is 4.74 Å². The molecule has 1 aromatic carbocycles. The van der Waals surface area contributed by atoms with Gasteiger partial charge < -0.3 is 9.64 Å². The Bertz CT molecular complexity index is 955. The summed E-state index contributed by atoms with van der Waals surface area (Å²) in [6.45, 7) is 3.12. The Labute approximate surface area is 172 Å². The number of carbonyl (C=O) groups is 1. The molecule has 0 radical (unpaired) electrons. The third kappa shape index (κ3) is 4.76. The summed E-state index contributed by atoms with van der Waals surface area (Å²) in [4.78, 5) is 18.7. The number of sulfonamides is 1. The maximum absolute atomic E-state index is 12.9. The van der Waals surface area contributed by atoms with Crippen LogP contribution in [0.15, 0.2) is 47.6 Å². The zero-order chi connectivity index (χ0) is 21.0. The summed E-state index contributed by atoms with van der Waals surface area (Å²) >= 11 is 0. The molecule has 0 bridgehead atoms. The summed E-state index contributed by atoms with van der Waals surface area (Å²) in [5.41, 5.74) is 2.07.